The van der Waals surface area contributed by atoms with Crippen LogP contribution in [0.15, 0.2) is 18.3 Å². The maximum atomic E-state index is 11.5. The zero-order valence-electron chi connectivity index (χ0n) is 12.2. The van der Waals surface area contributed by atoms with E-state index in [0.717, 1.165) is 24.5 Å². The number of rotatable bonds is 3. The Morgan fingerprint density at radius 1 is 1.25 bits per heavy atom. The predicted octanol–water partition coefficient (Wildman–Crippen LogP) is 2.35. The molecule has 3 rings (SSSR count). The van der Waals surface area contributed by atoms with Crippen molar-refractivity contribution in [2.24, 2.45) is 0 Å². The van der Waals surface area contributed by atoms with Gasteiger partial charge in [-0.25, -0.2) is 4.98 Å². The maximum Gasteiger partial charge on any atom is 0.159 e. The van der Waals surface area contributed by atoms with Crippen molar-refractivity contribution < 1.29 is 4.79 Å². The maximum absolute atomic E-state index is 11.5. The Morgan fingerprint density at radius 2 is 2.05 bits per heavy atom. The lowest BCUT2D eigenvalue weighted by molar-refractivity contribution is 0.101. The monoisotopic (exact) mass is 273 g/mol. The van der Waals surface area contributed by atoms with E-state index in [1.54, 1.807) is 19.2 Å². The lowest BCUT2D eigenvalue weighted by Crippen LogP contribution is -2.40. The highest BCUT2D eigenvalue weighted by Crippen LogP contribution is 2.24. The van der Waals surface area contributed by atoms with Crippen LogP contribution in [-0.2, 0) is 0 Å². The summed E-state index contributed by atoms with van der Waals surface area (Å²) < 4.78 is 0. The van der Waals surface area contributed by atoms with Gasteiger partial charge < -0.3 is 4.90 Å². The van der Waals surface area contributed by atoms with Gasteiger partial charge in [-0.1, -0.05) is 6.42 Å². The molecular weight excluding hydrogens is 250 g/mol. The molecule has 0 spiro atoms. The van der Waals surface area contributed by atoms with Crippen LogP contribution in [0, 0.1) is 0 Å². The molecule has 0 N–H and O–H groups in total. The Bertz CT molecular complexity index is 482. The first-order valence-corrected chi connectivity index (χ1v) is 7.70. The van der Waals surface area contributed by atoms with Gasteiger partial charge in [0.2, 0.25) is 0 Å². The molecule has 1 aromatic heterocycles. The molecule has 1 unspecified atom stereocenters. The van der Waals surface area contributed by atoms with Crippen LogP contribution in [0.3, 0.4) is 0 Å². The lowest BCUT2D eigenvalue weighted by Gasteiger charge is -2.32. The molecule has 2 saturated heterocycles. The summed E-state index contributed by atoms with van der Waals surface area (Å²) in [6.07, 6.45) is 7.03. The summed E-state index contributed by atoms with van der Waals surface area (Å²) >= 11 is 0. The van der Waals surface area contributed by atoms with Gasteiger partial charge in [0.25, 0.3) is 0 Å². The second kappa shape index (κ2) is 5.92. The third-order valence-electron chi connectivity index (χ3n) is 4.55. The fraction of sp³-hybridized carbons (Fsp3) is 0.625. The van der Waals surface area contributed by atoms with Crippen molar-refractivity contribution in [1.82, 2.24) is 9.88 Å². The Kier molecular flexibility index (Phi) is 4.01. The minimum absolute atomic E-state index is 0.112. The molecule has 0 amide bonds. The van der Waals surface area contributed by atoms with Gasteiger partial charge in [0.1, 0.15) is 5.82 Å². The number of nitrogens with zero attached hydrogens (tertiary/aromatic N) is 3. The molecule has 0 aliphatic carbocycles. The Hall–Kier alpha value is -1.42. The molecule has 1 atom stereocenters. The van der Waals surface area contributed by atoms with Gasteiger partial charge in [-0.15, -0.1) is 0 Å². The van der Waals surface area contributed by atoms with Crippen molar-refractivity contribution in [3.63, 3.8) is 0 Å². The van der Waals surface area contributed by atoms with E-state index in [-0.39, 0.29) is 5.78 Å². The van der Waals surface area contributed by atoms with E-state index < -0.39 is 0 Å². The number of carbonyl (C=O) groups is 1. The number of Topliss-reactive ketones (excluding diaryl/α,β-unsaturated/α-hetero) is 1. The van der Waals surface area contributed by atoms with Crippen LogP contribution in [0.4, 0.5) is 5.82 Å². The lowest BCUT2D eigenvalue weighted by atomic mass is 10.1. The van der Waals surface area contributed by atoms with Gasteiger partial charge in [-0.3, -0.25) is 9.69 Å². The normalized spacial score (nSPS) is 24.1. The van der Waals surface area contributed by atoms with Crippen molar-refractivity contribution in [1.29, 1.82) is 0 Å². The molecule has 1 aromatic rings. The van der Waals surface area contributed by atoms with Crippen LogP contribution in [0.25, 0.3) is 0 Å². The molecule has 3 heterocycles. The summed E-state index contributed by atoms with van der Waals surface area (Å²) in [5.41, 5.74) is 0.761. The summed E-state index contributed by atoms with van der Waals surface area (Å²) in [6, 6.07) is 4.39. The van der Waals surface area contributed by atoms with Crippen LogP contribution in [0.5, 0.6) is 0 Å². The van der Waals surface area contributed by atoms with Crippen molar-refractivity contribution in [3.05, 3.63) is 23.9 Å². The van der Waals surface area contributed by atoms with Gasteiger partial charge in [-0.2, -0.15) is 0 Å². The molecule has 4 nitrogen and oxygen atoms in total. The van der Waals surface area contributed by atoms with Crippen molar-refractivity contribution in [3.8, 4) is 0 Å². The van der Waals surface area contributed by atoms with Crippen LogP contribution in [0.1, 0.15) is 43.0 Å². The summed E-state index contributed by atoms with van der Waals surface area (Å²) in [6.45, 7) is 6.21. The summed E-state index contributed by atoms with van der Waals surface area (Å²) in [5.74, 6) is 1.07. The van der Waals surface area contributed by atoms with Crippen molar-refractivity contribution in [2.45, 2.75) is 38.6 Å². The zero-order chi connectivity index (χ0) is 13.9. The van der Waals surface area contributed by atoms with E-state index in [2.05, 4.69) is 14.8 Å². The molecule has 2 aliphatic heterocycles. The topological polar surface area (TPSA) is 36.4 Å². The molecule has 0 saturated carbocycles. The minimum Gasteiger partial charge on any atom is -0.355 e. The fourth-order valence-electron chi connectivity index (χ4n) is 3.34. The number of carbonyl (C=O) groups excluding carboxylic acids is 1. The van der Waals surface area contributed by atoms with Gasteiger partial charge in [-0.05, 0) is 51.4 Å². The number of piperidine rings is 1. The van der Waals surface area contributed by atoms with Gasteiger partial charge in [0.15, 0.2) is 5.78 Å². The summed E-state index contributed by atoms with van der Waals surface area (Å²) in [7, 11) is 0. The summed E-state index contributed by atoms with van der Waals surface area (Å²) in [4.78, 5) is 20.9. The number of anilines is 1. The van der Waals surface area contributed by atoms with Crippen molar-refractivity contribution >= 4 is 11.6 Å². The third-order valence-corrected chi connectivity index (χ3v) is 4.55. The first-order valence-electron chi connectivity index (χ1n) is 7.70. The Morgan fingerprint density at radius 3 is 2.80 bits per heavy atom. The molecule has 2 aliphatic rings. The highest BCUT2D eigenvalue weighted by atomic mass is 16.1. The summed E-state index contributed by atoms with van der Waals surface area (Å²) in [5, 5.41) is 0. The third kappa shape index (κ3) is 2.85. The minimum atomic E-state index is 0.112. The number of ketones is 1. The number of hydrogen-bond acceptors (Lipinski definition) is 4. The number of pyridine rings is 1. The molecule has 0 radical (unpaired) electrons. The van der Waals surface area contributed by atoms with Gasteiger partial charge in [0.05, 0.1) is 0 Å². The van der Waals surface area contributed by atoms with E-state index in [9.17, 15) is 4.79 Å². The second-order valence-electron chi connectivity index (χ2n) is 5.94. The first-order chi connectivity index (χ1) is 9.74. The average molecular weight is 273 g/mol. The standard InChI is InChI=1S/C16H23N3O/c1-13(20)14-5-7-17-16(11-14)19-10-6-15(12-19)18-8-3-2-4-9-18/h5,7,11,15H,2-4,6,8-10,12H2,1H3. The Labute approximate surface area is 120 Å². The quantitative estimate of drug-likeness (QED) is 0.792. The fourth-order valence-corrected chi connectivity index (χ4v) is 3.34. The van der Waals surface area contributed by atoms with E-state index in [4.69, 9.17) is 0 Å². The highest BCUT2D eigenvalue weighted by molar-refractivity contribution is 5.94. The second-order valence-corrected chi connectivity index (χ2v) is 5.94. The molecule has 108 valence electrons. The van der Waals surface area contributed by atoms with Crippen LogP contribution < -0.4 is 4.90 Å². The smallest absolute Gasteiger partial charge is 0.159 e. The van der Waals surface area contributed by atoms with Gasteiger partial charge in [0, 0.05) is 30.9 Å². The van der Waals surface area contributed by atoms with Gasteiger partial charge >= 0.3 is 0 Å². The highest BCUT2D eigenvalue weighted by Gasteiger charge is 2.29. The van der Waals surface area contributed by atoms with E-state index >= 15 is 0 Å². The van der Waals surface area contributed by atoms with E-state index in [0.29, 0.717) is 6.04 Å². The molecule has 4 heteroatoms. The predicted molar refractivity (Wildman–Crippen MR) is 80.3 cm³/mol. The van der Waals surface area contributed by atoms with Crippen LogP contribution in [-0.4, -0.2) is 47.9 Å². The largest absolute Gasteiger partial charge is 0.355 e. The van der Waals surface area contributed by atoms with Crippen molar-refractivity contribution in [2.75, 3.05) is 31.1 Å². The number of likely N-dealkylation sites (tertiary alicyclic amines) is 1. The first kappa shape index (κ1) is 13.6. The molecule has 0 aromatic carbocycles. The zero-order valence-corrected chi connectivity index (χ0v) is 12.2. The molecular formula is C16H23N3O. The number of hydrogen-bond donors (Lipinski definition) is 0. The molecule has 20 heavy (non-hydrogen) atoms. The SMILES string of the molecule is CC(=O)c1ccnc(N2CCC(N3CCCCC3)C2)c1. The van der Waals surface area contributed by atoms with Crippen LogP contribution >= 0.6 is 0 Å². The number of aromatic nitrogens is 1. The Balaban J connectivity index is 1.67. The average Bonchev–Trinajstić information content (AvgIpc) is 2.98. The molecule has 0 bridgehead atoms. The van der Waals surface area contributed by atoms with E-state index in [1.165, 1.54) is 38.8 Å². The van der Waals surface area contributed by atoms with E-state index in [1.807, 2.05) is 6.07 Å². The van der Waals surface area contributed by atoms with Crippen LogP contribution in [0.2, 0.25) is 0 Å². The molecule has 2 fully saturated rings.